The molecule has 1 heterocycles. The summed E-state index contributed by atoms with van der Waals surface area (Å²) in [4.78, 5) is 4.57. The summed E-state index contributed by atoms with van der Waals surface area (Å²) in [6, 6.07) is 15.3. The predicted molar refractivity (Wildman–Crippen MR) is 87.8 cm³/mol. The molecule has 108 valence electrons. The van der Waals surface area contributed by atoms with Gasteiger partial charge in [0.15, 0.2) is 5.58 Å². The van der Waals surface area contributed by atoms with E-state index < -0.39 is 0 Å². The minimum atomic E-state index is 0.144. The summed E-state index contributed by atoms with van der Waals surface area (Å²) < 4.78 is 5.83. The van der Waals surface area contributed by atoms with Crippen LogP contribution in [0, 0.1) is 6.92 Å². The molecule has 0 atom stereocenters. The first-order valence-corrected chi connectivity index (χ1v) is 7.01. The van der Waals surface area contributed by atoms with Crippen molar-refractivity contribution in [1.82, 2.24) is 4.98 Å². The predicted octanol–water partition coefficient (Wildman–Crippen LogP) is 4.24. The molecule has 0 aliphatic rings. The van der Waals surface area contributed by atoms with E-state index in [0.717, 1.165) is 16.3 Å². The van der Waals surface area contributed by atoms with Gasteiger partial charge in [0.25, 0.3) is 0 Å². The average Bonchev–Trinajstić information content (AvgIpc) is 2.95. The van der Waals surface area contributed by atoms with Gasteiger partial charge in [0.1, 0.15) is 11.3 Å². The Labute approximate surface area is 126 Å². The van der Waals surface area contributed by atoms with Crippen LogP contribution in [0.4, 0.5) is 5.69 Å². The second-order valence-corrected chi connectivity index (χ2v) is 5.39. The Hall–Kier alpha value is -3.01. The summed E-state index contributed by atoms with van der Waals surface area (Å²) in [6.07, 6.45) is 0. The first kappa shape index (κ1) is 12.7. The molecule has 0 spiro atoms. The molecule has 0 amide bonds. The molecule has 0 saturated carbocycles. The van der Waals surface area contributed by atoms with E-state index in [9.17, 15) is 5.11 Å². The van der Waals surface area contributed by atoms with Crippen LogP contribution in [0.2, 0.25) is 0 Å². The van der Waals surface area contributed by atoms with E-state index in [0.29, 0.717) is 28.3 Å². The fraction of sp³-hybridized carbons (Fsp3) is 0.0556. The Morgan fingerprint density at radius 2 is 1.91 bits per heavy atom. The molecule has 0 saturated heterocycles. The van der Waals surface area contributed by atoms with Crippen molar-refractivity contribution in [2.24, 2.45) is 0 Å². The van der Waals surface area contributed by atoms with Gasteiger partial charge in [0.05, 0.1) is 5.56 Å². The minimum absolute atomic E-state index is 0.144. The van der Waals surface area contributed by atoms with E-state index in [1.165, 1.54) is 0 Å². The van der Waals surface area contributed by atoms with Crippen LogP contribution in [-0.2, 0) is 0 Å². The van der Waals surface area contributed by atoms with E-state index in [-0.39, 0.29) is 5.75 Å². The van der Waals surface area contributed by atoms with Gasteiger partial charge in [-0.1, -0.05) is 30.3 Å². The lowest BCUT2D eigenvalue weighted by Gasteiger charge is -2.05. The average molecular weight is 290 g/mol. The van der Waals surface area contributed by atoms with Crippen LogP contribution in [0.5, 0.6) is 5.75 Å². The molecule has 22 heavy (non-hydrogen) atoms. The number of nitrogen functional groups attached to an aromatic ring is 1. The number of hydrogen-bond donors (Lipinski definition) is 2. The lowest BCUT2D eigenvalue weighted by molar-refractivity contribution is 0.470. The molecule has 0 bridgehead atoms. The molecule has 0 unspecified atom stereocenters. The highest BCUT2D eigenvalue weighted by atomic mass is 16.3. The summed E-state index contributed by atoms with van der Waals surface area (Å²) in [5.41, 5.74) is 9.12. The van der Waals surface area contributed by atoms with Gasteiger partial charge in [-0.3, -0.25) is 0 Å². The van der Waals surface area contributed by atoms with Crippen LogP contribution in [0.15, 0.2) is 52.9 Å². The smallest absolute Gasteiger partial charge is 0.231 e. The molecular formula is C18H14N2O2. The number of nitrogens with zero attached hydrogens (tertiary/aromatic N) is 1. The zero-order valence-electron chi connectivity index (χ0n) is 12.0. The fourth-order valence-corrected chi connectivity index (χ4v) is 2.75. The third-order valence-electron chi connectivity index (χ3n) is 3.84. The second-order valence-electron chi connectivity index (χ2n) is 5.39. The van der Waals surface area contributed by atoms with Gasteiger partial charge < -0.3 is 15.3 Å². The zero-order valence-corrected chi connectivity index (χ0v) is 12.0. The molecule has 3 aromatic carbocycles. The van der Waals surface area contributed by atoms with Crippen LogP contribution in [0.3, 0.4) is 0 Å². The van der Waals surface area contributed by atoms with Gasteiger partial charge >= 0.3 is 0 Å². The van der Waals surface area contributed by atoms with Crippen LogP contribution in [0.1, 0.15) is 5.56 Å². The largest absolute Gasteiger partial charge is 0.507 e. The lowest BCUT2D eigenvalue weighted by Crippen LogP contribution is -1.89. The van der Waals surface area contributed by atoms with Crippen molar-refractivity contribution in [1.29, 1.82) is 0 Å². The monoisotopic (exact) mass is 290 g/mol. The molecule has 4 aromatic rings. The maximum absolute atomic E-state index is 10.3. The van der Waals surface area contributed by atoms with Crippen molar-refractivity contribution < 1.29 is 9.52 Å². The Kier molecular flexibility index (Phi) is 2.60. The number of benzene rings is 3. The normalized spacial score (nSPS) is 11.3. The highest BCUT2D eigenvalue weighted by molar-refractivity contribution is 6.04. The standard InChI is InChI=1S/C18H14N2O2/c1-10-8-12(19)9-14(17(10)21)18-20-16-13-5-3-2-4-11(13)6-7-15(16)22-18/h2-9,21H,19H2,1H3. The number of phenolic OH excluding ortho intramolecular Hbond substituents is 1. The van der Waals surface area contributed by atoms with Crippen LogP contribution >= 0.6 is 0 Å². The van der Waals surface area contributed by atoms with E-state index in [4.69, 9.17) is 10.2 Å². The molecule has 0 fully saturated rings. The molecule has 4 heteroatoms. The van der Waals surface area contributed by atoms with Gasteiger partial charge in [-0.25, -0.2) is 4.98 Å². The van der Waals surface area contributed by atoms with E-state index in [2.05, 4.69) is 4.98 Å². The molecule has 3 N–H and O–H groups in total. The van der Waals surface area contributed by atoms with Crippen molar-refractivity contribution in [3.05, 3.63) is 54.1 Å². The molecule has 0 radical (unpaired) electrons. The summed E-state index contributed by atoms with van der Waals surface area (Å²) in [5, 5.41) is 12.4. The number of rotatable bonds is 1. The third-order valence-corrected chi connectivity index (χ3v) is 3.84. The third kappa shape index (κ3) is 1.81. The topological polar surface area (TPSA) is 72.3 Å². The Balaban J connectivity index is 2.03. The van der Waals surface area contributed by atoms with Crippen molar-refractivity contribution >= 4 is 27.6 Å². The van der Waals surface area contributed by atoms with Gasteiger partial charge in [-0.15, -0.1) is 0 Å². The second kappa shape index (κ2) is 4.49. The highest BCUT2D eigenvalue weighted by Crippen LogP contribution is 2.36. The number of oxazole rings is 1. The number of aryl methyl sites for hydroxylation is 1. The maximum Gasteiger partial charge on any atom is 0.231 e. The number of nitrogens with two attached hydrogens (primary N) is 1. The summed E-state index contributed by atoms with van der Waals surface area (Å²) in [5.74, 6) is 0.518. The number of aromatic nitrogens is 1. The van der Waals surface area contributed by atoms with E-state index in [1.807, 2.05) is 36.4 Å². The molecule has 4 rings (SSSR count). The summed E-state index contributed by atoms with van der Waals surface area (Å²) >= 11 is 0. The van der Waals surface area contributed by atoms with Crippen LogP contribution in [0.25, 0.3) is 33.3 Å². The molecule has 0 aliphatic heterocycles. The number of aromatic hydroxyl groups is 1. The number of hydrogen-bond acceptors (Lipinski definition) is 4. The van der Waals surface area contributed by atoms with Crippen LogP contribution in [-0.4, -0.2) is 10.1 Å². The van der Waals surface area contributed by atoms with Crippen molar-refractivity contribution in [2.45, 2.75) is 6.92 Å². The summed E-state index contributed by atoms with van der Waals surface area (Å²) in [7, 11) is 0. The van der Waals surface area contributed by atoms with E-state index >= 15 is 0 Å². The molecular weight excluding hydrogens is 276 g/mol. The SMILES string of the molecule is Cc1cc(N)cc(-c2nc3c(ccc4ccccc43)o2)c1O. The Bertz CT molecular complexity index is 1020. The van der Waals surface area contributed by atoms with Gasteiger partial charge in [0, 0.05) is 11.1 Å². The molecule has 0 aliphatic carbocycles. The quantitative estimate of drug-likeness (QED) is 0.406. The molecule has 1 aromatic heterocycles. The van der Waals surface area contributed by atoms with Crippen molar-refractivity contribution in [3.8, 4) is 17.2 Å². The first-order valence-electron chi connectivity index (χ1n) is 7.01. The van der Waals surface area contributed by atoms with Crippen LogP contribution < -0.4 is 5.73 Å². The van der Waals surface area contributed by atoms with E-state index in [1.54, 1.807) is 19.1 Å². The minimum Gasteiger partial charge on any atom is -0.507 e. The number of fused-ring (bicyclic) bond motifs is 3. The zero-order chi connectivity index (χ0) is 15.3. The highest BCUT2D eigenvalue weighted by Gasteiger charge is 2.16. The van der Waals surface area contributed by atoms with Gasteiger partial charge in [-0.2, -0.15) is 0 Å². The summed E-state index contributed by atoms with van der Waals surface area (Å²) in [6.45, 7) is 1.80. The van der Waals surface area contributed by atoms with Gasteiger partial charge in [-0.05, 0) is 36.1 Å². The van der Waals surface area contributed by atoms with Crippen molar-refractivity contribution in [3.63, 3.8) is 0 Å². The number of anilines is 1. The Morgan fingerprint density at radius 1 is 1.09 bits per heavy atom. The first-order chi connectivity index (χ1) is 10.6. The lowest BCUT2D eigenvalue weighted by atomic mass is 10.1. The van der Waals surface area contributed by atoms with Crippen molar-refractivity contribution in [2.75, 3.05) is 5.73 Å². The maximum atomic E-state index is 10.3. The number of phenols is 1. The van der Waals surface area contributed by atoms with Gasteiger partial charge in [0.2, 0.25) is 5.89 Å². The molecule has 4 nitrogen and oxygen atoms in total. The fourth-order valence-electron chi connectivity index (χ4n) is 2.75. The Morgan fingerprint density at radius 3 is 2.77 bits per heavy atom.